The summed E-state index contributed by atoms with van der Waals surface area (Å²) in [7, 11) is 0. The fourth-order valence-corrected chi connectivity index (χ4v) is 2.66. The lowest BCUT2D eigenvalue weighted by molar-refractivity contribution is -0.142. The van der Waals surface area contributed by atoms with Gasteiger partial charge in [-0.05, 0) is 37.1 Å². The molecule has 0 saturated carbocycles. The van der Waals surface area contributed by atoms with E-state index in [4.69, 9.17) is 14.6 Å². The smallest absolute Gasteiger partial charge is 0.308 e. The highest BCUT2D eigenvalue weighted by molar-refractivity contribution is 5.71. The molecule has 1 aromatic rings. The molecule has 5 heteroatoms. The summed E-state index contributed by atoms with van der Waals surface area (Å²) in [5.41, 5.74) is 0. The van der Waals surface area contributed by atoms with Crippen molar-refractivity contribution in [3.8, 4) is 11.5 Å². The van der Waals surface area contributed by atoms with Crippen LogP contribution in [-0.2, 0) is 4.79 Å². The summed E-state index contributed by atoms with van der Waals surface area (Å²) >= 11 is 0. The fraction of sp³-hybridized carbons (Fsp3) is 0.562. The van der Waals surface area contributed by atoms with Crippen molar-refractivity contribution in [2.75, 3.05) is 32.8 Å². The minimum Gasteiger partial charge on any atom is -0.494 e. The highest BCUT2D eigenvalue weighted by atomic mass is 16.5. The molecule has 0 unspecified atom stereocenters. The molecule has 0 spiro atoms. The maximum absolute atomic E-state index is 11.1. The van der Waals surface area contributed by atoms with E-state index in [1.807, 2.05) is 38.1 Å². The molecule has 1 fully saturated rings. The van der Waals surface area contributed by atoms with Crippen molar-refractivity contribution >= 4 is 5.97 Å². The van der Waals surface area contributed by atoms with E-state index in [1.54, 1.807) is 0 Å². The Morgan fingerprint density at radius 1 is 1.24 bits per heavy atom. The number of benzene rings is 1. The third kappa shape index (κ3) is 4.36. The van der Waals surface area contributed by atoms with E-state index in [0.717, 1.165) is 24.6 Å². The van der Waals surface area contributed by atoms with E-state index in [2.05, 4.69) is 4.90 Å². The van der Waals surface area contributed by atoms with Crippen molar-refractivity contribution < 1.29 is 19.4 Å². The number of carbonyl (C=O) groups is 1. The molecule has 1 heterocycles. The first-order chi connectivity index (χ1) is 10.1. The molecule has 0 bridgehead atoms. The Morgan fingerprint density at radius 3 is 2.38 bits per heavy atom. The molecular weight excluding hydrogens is 270 g/mol. The van der Waals surface area contributed by atoms with Gasteiger partial charge in [-0.25, -0.2) is 0 Å². The van der Waals surface area contributed by atoms with E-state index < -0.39 is 5.97 Å². The molecule has 0 aliphatic carbocycles. The van der Waals surface area contributed by atoms with Gasteiger partial charge in [0.25, 0.3) is 0 Å². The van der Waals surface area contributed by atoms with Crippen LogP contribution in [0.25, 0.3) is 0 Å². The van der Waals surface area contributed by atoms with Crippen LogP contribution in [0, 0.1) is 11.8 Å². The molecule has 21 heavy (non-hydrogen) atoms. The van der Waals surface area contributed by atoms with Gasteiger partial charge in [0.2, 0.25) is 0 Å². The number of ether oxygens (including phenoxy) is 2. The van der Waals surface area contributed by atoms with Crippen LogP contribution in [0.5, 0.6) is 11.5 Å². The number of carboxylic acid groups (broad SMARTS) is 1. The Hall–Kier alpha value is -1.75. The Kier molecular flexibility index (Phi) is 5.44. The lowest BCUT2D eigenvalue weighted by Crippen LogP contribution is -2.27. The van der Waals surface area contributed by atoms with Crippen LogP contribution in [-0.4, -0.2) is 48.8 Å². The van der Waals surface area contributed by atoms with Crippen molar-refractivity contribution in [1.82, 2.24) is 4.90 Å². The molecule has 1 aromatic carbocycles. The zero-order valence-corrected chi connectivity index (χ0v) is 12.6. The Balaban J connectivity index is 1.73. The van der Waals surface area contributed by atoms with Crippen molar-refractivity contribution in [2.45, 2.75) is 13.8 Å². The number of carboxylic acids is 1. The molecule has 1 aliphatic heterocycles. The van der Waals surface area contributed by atoms with E-state index in [0.29, 0.717) is 19.8 Å². The second kappa shape index (κ2) is 7.31. The average molecular weight is 293 g/mol. The third-order valence-corrected chi connectivity index (χ3v) is 3.82. The van der Waals surface area contributed by atoms with E-state index in [9.17, 15) is 4.79 Å². The Labute approximate surface area is 125 Å². The highest BCUT2D eigenvalue weighted by Gasteiger charge is 2.34. The third-order valence-electron chi connectivity index (χ3n) is 3.82. The van der Waals surface area contributed by atoms with Crippen LogP contribution in [0.2, 0.25) is 0 Å². The number of hydrogen-bond donors (Lipinski definition) is 1. The predicted molar refractivity (Wildman–Crippen MR) is 79.8 cm³/mol. The second-order valence-electron chi connectivity index (χ2n) is 5.43. The van der Waals surface area contributed by atoms with Gasteiger partial charge < -0.3 is 14.6 Å². The van der Waals surface area contributed by atoms with Gasteiger partial charge >= 0.3 is 5.97 Å². The largest absolute Gasteiger partial charge is 0.494 e. The van der Waals surface area contributed by atoms with Crippen LogP contribution in [0.3, 0.4) is 0 Å². The molecule has 2 atom stereocenters. The summed E-state index contributed by atoms with van der Waals surface area (Å²) in [5.74, 6) is 0.892. The molecule has 0 amide bonds. The number of rotatable bonds is 7. The molecule has 1 saturated heterocycles. The van der Waals surface area contributed by atoms with Crippen molar-refractivity contribution in [2.24, 2.45) is 11.8 Å². The molecule has 116 valence electrons. The average Bonchev–Trinajstić information content (AvgIpc) is 2.82. The molecule has 0 aromatic heterocycles. The second-order valence-corrected chi connectivity index (χ2v) is 5.43. The zero-order valence-electron chi connectivity index (χ0n) is 12.6. The van der Waals surface area contributed by atoms with E-state index in [1.165, 1.54) is 0 Å². The van der Waals surface area contributed by atoms with E-state index >= 15 is 0 Å². The van der Waals surface area contributed by atoms with Gasteiger partial charge in [0, 0.05) is 19.6 Å². The lowest BCUT2D eigenvalue weighted by atomic mass is 9.99. The summed E-state index contributed by atoms with van der Waals surface area (Å²) in [6, 6.07) is 7.55. The molecule has 1 N–H and O–H groups in total. The van der Waals surface area contributed by atoms with Crippen LogP contribution < -0.4 is 9.47 Å². The number of aliphatic carboxylic acids is 1. The first-order valence-electron chi connectivity index (χ1n) is 7.41. The Morgan fingerprint density at radius 2 is 1.86 bits per heavy atom. The number of hydrogen-bond acceptors (Lipinski definition) is 4. The van der Waals surface area contributed by atoms with Crippen LogP contribution >= 0.6 is 0 Å². The SMILES string of the molecule is CCOc1ccc(OCCN2C[C@@H](C)[C@H](C(=O)O)C2)cc1. The van der Waals surface area contributed by atoms with Crippen LogP contribution in [0.4, 0.5) is 0 Å². The normalized spacial score (nSPS) is 22.2. The van der Waals surface area contributed by atoms with Gasteiger partial charge in [0.15, 0.2) is 0 Å². The molecule has 1 aliphatic rings. The van der Waals surface area contributed by atoms with Gasteiger partial charge in [0.1, 0.15) is 18.1 Å². The maximum Gasteiger partial charge on any atom is 0.308 e. The van der Waals surface area contributed by atoms with Crippen LogP contribution in [0.1, 0.15) is 13.8 Å². The van der Waals surface area contributed by atoms with Gasteiger partial charge in [0.05, 0.1) is 12.5 Å². The molecule has 5 nitrogen and oxygen atoms in total. The predicted octanol–water partition coefficient (Wildman–Crippen LogP) is 2.12. The van der Waals surface area contributed by atoms with Crippen molar-refractivity contribution in [1.29, 1.82) is 0 Å². The summed E-state index contributed by atoms with van der Waals surface area (Å²) < 4.78 is 11.1. The molecule has 2 rings (SSSR count). The molecule has 0 radical (unpaired) electrons. The number of likely N-dealkylation sites (tertiary alicyclic amines) is 1. The van der Waals surface area contributed by atoms with Gasteiger partial charge in [-0.1, -0.05) is 6.92 Å². The summed E-state index contributed by atoms with van der Waals surface area (Å²) in [6.07, 6.45) is 0. The Bertz CT molecular complexity index is 460. The highest BCUT2D eigenvalue weighted by Crippen LogP contribution is 2.23. The van der Waals surface area contributed by atoms with Crippen molar-refractivity contribution in [3.05, 3.63) is 24.3 Å². The summed E-state index contributed by atoms with van der Waals surface area (Å²) in [5, 5.41) is 9.10. The van der Waals surface area contributed by atoms with Gasteiger partial charge in [-0.2, -0.15) is 0 Å². The standard InChI is InChI=1S/C16H23NO4/c1-3-20-13-4-6-14(7-5-13)21-9-8-17-10-12(2)15(11-17)16(18)19/h4-7,12,15H,3,8-11H2,1-2H3,(H,18,19)/t12-,15-/m1/s1. The first kappa shape index (κ1) is 15.6. The van der Waals surface area contributed by atoms with Gasteiger partial charge in [-0.3, -0.25) is 9.69 Å². The zero-order chi connectivity index (χ0) is 15.2. The maximum atomic E-state index is 11.1. The minimum absolute atomic E-state index is 0.202. The first-order valence-corrected chi connectivity index (χ1v) is 7.41. The fourth-order valence-electron chi connectivity index (χ4n) is 2.66. The number of nitrogens with zero attached hydrogens (tertiary/aromatic N) is 1. The van der Waals surface area contributed by atoms with Crippen LogP contribution in [0.15, 0.2) is 24.3 Å². The van der Waals surface area contributed by atoms with Crippen molar-refractivity contribution in [3.63, 3.8) is 0 Å². The minimum atomic E-state index is -0.697. The summed E-state index contributed by atoms with van der Waals surface area (Å²) in [4.78, 5) is 13.2. The topological polar surface area (TPSA) is 59.0 Å². The molecular formula is C16H23NO4. The quantitative estimate of drug-likeness (QED) is 0.834. The monoisotopic (exact) mass is 293 g/mol. The van der Waals surface area contributed by atoms with Gasteiger partial charge in [-0.15, -0.1) is 0 Å². The summed E-state index contributed by atoms with van der Waals surface area (Å²) in [6.45, 7) is 7.34. The lowest BCUT2D eigenvalue weighted by Gasteiger charge is -2.15. The van der Waals surface area contributed by atoms with E-state index in [-0.39, 0.29) is 11.8 Å².